The number of halogens is 2. The minimum atomic E-state index is -2.81. The zero-order chi connectivity index (χ0) is 11.6. The summed E-state index contributed by atoms with van der Waals surface area (Å²) in [4.78, 5) is 0. The van der Waals surface area contributed by atoms with Gasteiger partial charge in [0, 0.05) is 6.42 Å². The molecule has 14 heavy (non-hydrogen) atoms. The van der Waals surface area contributed by atoms with Crippen LogP contribution in [-0.2, 0) is 4.43 Å². The molecular weight excluding hydrogens is 222 g/mol. The Morgan fingerprint density at radius 2 is 1.64 bits per heavy atom. The van der Waals surface area contributed by atoms with Crippen LogP contribution in [0.2, 0.25) is 19.6 Å². The van der Waals surface area contributed by atoms with E-state index in [1.54, 1.807) is 0 Å². The van der Waals surface area contributed by atoms with E-state index < -0.39 is 19.8 Å². The Morgan fingerprint density at radius 1 is 1.21 bits per heavy atom. The Morgan fingerprint density at radius 3 is 1.93 bits per heavy atom. The van der Waals surface area contributed by atoms with Gasteiger partial charge in [0.2, 0.25) is 0 Å². The van der Waals surface area contributed by atoms with Crippen molar-refractivity contribution in [2.24, 2.45) is 0 Å². The van der Waals surface area contributed by atoms with E-state index in [1.165, 1.54) is 13.8 Å². The standard InChI is InChI=1S/C9H20F2OSSi/c1-8(2,12-14(3,4)5)9(10,11)6-7-13/h13H,6-7H2,1-5H3. The van der Waals surface area contributed by atoms with E-state index in [4.69, 9.17) is 4.43 Å². The van der Waals surface area contributed by atoms with Crippen LogP contribution in [0.3, 0.4) is 0 Å². The molecule has 0 fully saturated rings. The topological polar surface area (TPSA) is 9.23 Å². The normalized spacial score (nSPS) is 14.6. The summed E-state index contributed by atoms with van der Waals surface area (Å²) in [6, 6.07) is 0. The third kappa shape index (κ3) is 4.27. The maximum absolute atomic E-state index is 13.6. The Balaban J connectivity index is 4.59. The second-order valence-electron chi connectivity index (χ2n) is 4.90. The van der Waals surface area contributed by atoms with Gasteiger partial charge in [-0.05, 0) is 39.2 Å². The van der Waals surface area contributed by atoms with Gasteiger partial charge in [0.15, 0.2) is 8.32 Å². The first-order valence-electron chi connectivity index (χ1n) is 4.71. The molecule has 5 heteroatoms. The average molecular weight is 242 g/mol. The molecule has 0 saturated carbocycles. The molecule has 0 unspecified atom stereocenters. The van der Waals surface area contributed by atoms with E-state index in [2.05, 4.69) is 12.6 Å². The molecule has 1 nitrogen and oxygen atoms in total. The minimum Gasteiger partial charge on any atom is -0.407 e. The molecule has 0 aromatic rings. The Bertz CT molecular complexity index is 190. The fraction of sp³-hybridized carbons (Fsp3) is 1.00. The zero-order valence-electron chi connectivity index (χ0n) is 9.53. The van der Waals surface area contributed by atoms with Gasteiger partial charge in [-0.25, -0.2) is 8.78 Å². The largest absolute Gasteiger partial charge is 0.407 e. The average Bonchev–Trinajstić information content (AvgIpc) is 1.79. The van der Waals surface area contributed by atoms with E-state index >= 15 is 0 Å². The first-order valence-corrected chi connectivity index (χ1v) is 8.75. The highest BCUT2D eigenvalue weighted by Crippen LogP contribution is 2.36. The van der Waals surface area contributed by atoms with Gasteiger partial charge in [0.05, 0.1) is 0 Å². The molecule has 0 bridgehead atoms. The first kappa shape index (κ1) is 14.4. The summed E-state index contributed by atoms with van der Waals surface area (Å²) in [5.74, 6) is -2.64. The maximum atomic E-state index is 13.6. The molecule has 0 aliphatic heterocycles. The molecule has 86 valence electrons. The van der Waals surface area contributed by atoms with Crippen LogP contribution >= 0.6 is 12.6 Å². The smallest absolute Gasteiger partial charge is 0.275 e. The number of hydrogen-bond donors (Lipinski definition) is 1. The van der Waals surface area contributed by atoms with Crippen molar-refractivity contribution in [2.75, 3.05) is 5.75 Å². The molecule has 0 heterocycles. The van der Waals surface area contributed by atoms with Crippen LogP contribution < -0.4 is 0 Å². The molecule has 0 spiro atoms. The van der Waals surface area contributed by atoms with Crippen molar-refractivity contribution < 1.29 is 13.2 Å². The Labute approximate surface area is 91.8 Å². The highest BCUT2D eigenvalue weighted by molar-refractivity contribution is 7.80. The van der Waals surface area contributed by atoms with Gasteiger partial charge in [0.25, 0.3) is 5.92 Å². The molecule has 0 radical (unpaired) electrons. The lowest BCUT2D eigenvalue weighted by molar-refractivity contribution is -0.151. The van der Waals surface area contributed by atoms with Gasteiger partial charge in [-0.1, -0.05) is 0 Å². The third-order valence-corrected chi connectivity index (χ3v) is 3.21. The van der Waals surface area contributed by atoms with Crippen molar-refractivity contribution in [1.82, 2.24) is 0 Å². The van der Waals surface area contributed by atoms with E-state index in [1.807, 2.05) is 19.6 Å². The Kier molecular flexibility index (Phi) is 4.61. The van der Waals surface area contributed by atoms with Gasteiger partial charge in [-0.15, -0.1) is 0 Å². The lowest BCUT2D eigenvalue weighted by Crippen LogP contribution is -2.51. The summed E-state index contributed by atoms with van der Waals surface area (Å²) in [6.45, 7) is 8.63. The van der Waals surface area contributed by atoms with Gasteiger partial charge < -0.3 is 4.43 Å². The molecule has 0 saturated heterocycles. The van der Waals surface area contributed by atoms with Crippen LogP contribution in [0.1, 0.15) is 20.3 Å². The molecule has 0 aliphatic carbocycles. The minimum absolute atomic E-state index is 0.172. The number of thiol groups is 1. The first-order chi connectivity index (χ1) is 6.02. The lowest BCUT2D eigenvalue weighted by Gasteiger charge is -2.39. The van der Waals surface area contributed by atoms with Crippen molar-refractivity contribution >= 4 is 20.9 Å². The highest BCUT2D eigenvalue weighted by Gasteiger charge is 2.48. The van der Waals surface area contributed by atoms with Gasteiger partial charge in [-0.2, -0.15) is 12.6 Å². The van der Waals surface area contributed by atoms with Crippen molar-refractivity contribution in [3.8, 4) is 0 Å². The fourth-order valence-corrected chi connectivity index (χ4v) is 3.24. The number of alkyl halides is 2. The SMILES string of the molecule is CC(C)(O[Si](C)(C)C)C(F)(F)CCS. The van der Waals surface area contributed by atoms with E-state index in [0.717, 1.165) is 0 Å². The van der Waals surface area contributed by atoms with Gasteiger partial charge >= 0.3 is 0 Å². The zero-order valence-corrected chi connectivity index (χ0v) is 11.4. The molecule has 0 amide bonds. The van der Waals surface area contributed by atoms with Crippen molar-refractivity contribution in [2.45, 2.75) is 51.4 Å². The quantitative estimate of drug-likeness (QED) is 0.573. The van der Waals surface area contributed by atoms with Crippen LogP contribution in [0, 0.1) is 0 Å². The van der Waals surface area contributed by atoms with Crippen LogP contribution in [0.15, 0.2) is 0 Å². The van der Waals surface area contributed by atoms with E-state index in [9.17, 15) is 8.78 Å². The number of rotatable bonds is 5. The summed E-state index contributed by atoms with van der Waals surface area (Å²) >= 11 is 3.83. The molecule has 0 atom stereocenters. The maximum Gasteiger partial charge on any atom is 0.275 e. The van der Waals surface area contributed by atoms with Crippen molar-refractivity contribution in [3.05, 3.63) is 0 Å². The van der Waals surface area contributed by atoms with Crippen LogP contribution in [0.25, 0.3) is 0 Å². The third-order valence-electron chi connectivity index (χ3n) is 1.87. The molecule has 0 rings (SSSR count). The van der Waals surface area contributed by atoms with Gasteiger partial charge in [0.1, 0.15) is 5.60 Å². The Hall–Kier alpha value is 0.387. The predicted octanol–water partition coefficient (Wildman–Crippen LogP) is 3.57. The molecule has 0 aromatic carbocycles. The monoisotopic (exact) mass is 242 g/mol. The summed E-state index contributed by atoms with van der Waals surface area (Å²) < 4.78 is 32.7. The van der Waals surface area contributed by atoms with Gasteiger partial charge in [-0.3, -0.25) is 0 Å². The highest BCUT2D eigenvalue weighted by atomic mass is 32.1. The van der Waals surface area contributed by atoms with Crippen LogP contribution in [0.5, 0.6) is 0 Å². The van der Waals surface area contributed by atoms with Crippen molar-refractivity contribution in [3.63, 3.8) is 0 Å². The number of hydrogen-bond acceptors (Lipinski definition) is 2. The predicted molar refractivity (Wildman–Crippen MR) is 61.9 cm³/mol. The summed E-state index contributed by atoms with van der Waals surface area (Å²) in [5.41, 5.74) is -1.39. The summed E-state index contributed by atoms with van der Waals surface area (Å²) in [7, 11) is -1.94. The van der Waals surface area contributed by atoms with E-state index in [0.29, 0.717) is 0 Å². The van der Waals surface area contributed by atoms with Crippen LogP contribution in [-0.4, -0.2) is 25.6 Å². The second kappa shape index (κ2) is 4.49. The summed E-state index contributed by atoms with van der Waals surface area (Å²) in [6.07, 6.45) is -0.242. The molecule has 0 N–H and O–H groups in total. The van der Waals surface area contributed by atoms with E-state index in [-0.39, 0.29) is 12.2 Å². The van der Waals surface area contributed by atoms with Crippen molar-refractivity contribution in [1.29, 1.82) is 0 Å². The van der Waals surface area contributed by atoms with Crippen LogP contribution in [0.4, 0.5) is 8.78 Å². The lowest BCUT2D eigenvalue weighted by atomic mass is 9.99. The second-order valence-corrected chi connectivity index (χ2v) is 9.78. The fourth-order valence-electron chi connectivity index (χ4n) is 1.28. The molecule has 0 aromatic heterocycles. The summed E-state index contributed by atoms with van der Waals surface area (Å²) in [5, 5.41) is 0. The molecular formula is C9H20F2OSSi. The molecule has 0 aliphatic rings.